The van der Waals surface area contributed by atoms with Crippen LogP contribution in [0, 0.1) is 0 Å². The van der Waals surface area contributed by atoms with E-state index in [0.29, 0.717) is 0 Å². The van der Waals surface area contributed by atoms with Gasteiger partial charge >= 0.3 is 0 Å². The molecule has 1 fully saturated rings. The van der Waals surface area contributed by atoms with Crippen LogP contribution in [0.2, 0.25) is 6.82 Å². The van der Waals surface area contributed by atoms with Crippen LogP contribution in [0.3, 0.4) is 0 Å². The SMILES string of the molecule is CN1CCO[B-](C)(c2ccccc2)OCC1. The fourth-order valence-electron chi connectivity index (χ4n) is 2.02. The van der Waals surface area contributed by atoms with Gasteiger partial charge in [-0.25, -0.2) is 0 Å². The summed E-state index contributed by atoms with van der Waals surface area (Å²) in [6, 6.07) is 10.2. The normalized spacial score (nSPS) is 22.4. The van der Waals surface area contributed by atoms with Crippen LogP contribution in [0.5, 0.6) is 0 Å². The summed E-state index contributed by atoms with van der Waals surface area (Å²) >= 11 is 0. The van der Waals surface area contributed by atoms with Gasteiger partial charge in [0.05, 0.1) is 0 Å². The summed E-state index contributed by atoms with van der Waals surface area (Å²) in [4.78, 5) is 2.22. The van der Waals surface area contributed by atoms with Crippen molar-refractivity contribution in [3.63, 3.8) is 0 Å². The molecule has 1 heterocycles. The Morgan fingerprint density at radius 2 is 1.62 bits per heavy atom. The highest BCUT2D eigenvalue weighted by Crippen LogP contribution is 2.10. The largest absolute Gasteiger partial charge is 0.564 e. The van der Waals surface area contributed by atoms with Crippen LogP contribution >= 0.6 is 0 Å². The molecule has 0 spiro atoms. The van der Waals surface area contributed by atoms with Crippen molar-refractivity contribution in [2.45, 2.75) is 6.82 Å². The molecule has 0 radical (unpaired) electrons. The number of nitrogens with zero attached hydrogens (tertiary/aromatic N) is 1. The Morgan fingerprint density at radius 1 is 1.06 bits per heavy atom. The average molecular weight is 220 g/mol. The monoisotopic (exact) mass is 220 g/mol. The third-order valence-electron chi connectivity index (χ3n) is 3.22. The maximum atomic E-state index is 5.93. The summed E-state index contributed by atoms with van der Waals surface area (Å²) in [7, 11) is 2.09. The van der Waals surface area contributed by atoms with E-state index < -0.39 is 6.55 Å². The molecule has 0 unspecified atom stereocenters. The van der Waals surface area contributed by atoms with Crippen LogP contribution in [0.4, 0.5) is 0 Å². The van der Waals surface area contributed by atoms with Crippen LogP contribution in [0.15, 0.2) is 30.3 Å². The third kappa shape index (κ3) is 2.64. The van der Waals surface area contributed by atoms with E-state index in [9.17, 15) is 0 Å². The van der Waals surface area contributed by atoms with Gasteiger partial charge in [0.2, 0.25) is 0 Å². The molecule has 0 aromatic heterocycles. The second kappa shape index (κ2) is 5.00. The highest BCUT2D eigenvalue weighted by atomic mass is 16.6. The molecule has 4 heteroatoms. The lowest BCUT2D eigenvalue weighted by molar-refractivity contribution is 0.117. The summed E-state index contributed by atoms with van der Waals surface area (Å²) in [5, 5.41) is 0. The Hall–Kier alpha value is -0.835. The fraction of sp³-hybridized carbons (Fsp3) is 0.500. The summed E-state index contributed by atoms with van der Waals surface area (Å²) < 4.78 is 11.9. The first-order valence-corrected chi connectivity index (χ1v) is 5.91. The van der Waals surface area contributed by atoms with E-state index in [1.54, 1.807) is 0 Å². The molecule has 1 aromatic rings. The van der Waals surface area contributed by atoms with E-state index >= 15 is 0 Å². The van der Waals surface area contributed by atoms with Crippen LogP contribution in [-0.2, 0) is 9.31 Å². The molecule has 2 rings (SSSR count). The maximum Gasteiger partial charge on any atom is 0.266 e. The summed E-state index contributed by atoms with van der Waals surface area (Å²) in [5.74, 6) is 0. The Morgan fingerprint density at radius 3 is 2.19 bits per heavy atom. The zero-order valence-corrected chi connectivity index (χ0v) is 10.1. The third-order valence-corrected chi connectivity index (χ3v) is 3.22. The van der Waals surface area contributed by atoms with Crippen LogP contribution in [0.25, 0.3) is 0 Å². The van der Waals surface area contributed by atoms with Crippen molar-refractivity contribution in [3.05, 3.63) is 30.3 Å². The quantitative estimate of drug-likeness (QED) is 0.657. The van der Waals surface area contributed by atoms with E-state index in [0.717, 1.165) is 31.8 Å². The van der Waals surface area contributed by atoms with E-state index in [2.05, 4.69) is 30.9 Å². The van der Waals surface area contributed by atoms with Crippen molar-refractivity contribution in [1.29, 1.82) is 0 Å². The van der Waals surface area contributed by atoms with E-state index in [1.165, 1.54) is 0 Å². The lowest BCUT2D eigenvalue weighted by atomic mass is 9.53. The summed E-state index contributed by atoms with van der Waals surface area (Å²) in [5.41, 5.74) is 1.15. The number of hydrogen-bond acceptors (Lipinski definition) is 3. The molecule has 0 bridgehead atoms. The molecular formula is C12H19BNO2-. The number of rotatable bonds is 1. The molecule has 0 atom stereocenters. The minimum Gasteiger partial charge on any atom is -0.564 e. The molecule has 0 amide bonds. The molecule has 0 aliphatic carbocycles. The molecule has 1 aliphatic rings. The number of likely N-dealkylation sites (N-methyl/N-ethyl adjacent to an activating group) is 1. The second-order valence-electron chi connectivity index (χ2n) is 4.55. The van der Waals surface area contributed by atoms with Crippen molar-refractivity contribution in [3.8, 4) is 0 Å². The maximum absolute atomic E-state index is 5.93. The van der Waals surface area contributed by atoms with Crippen LogP contribution < -0.4 is 5.46 Å². The zero-order valence-electron chi connectivity index (χ0n) is 10.1. The molecule has 1 saturated heterocycles. The van der Waals surface area contributed by atoms with Crippen molar-refractivity contribution in [2.24, 2.45) is 0 Å². The summed E-state index contributed by atoms with van der Waals surface area (Å²) in [6.07, 6.45) is 0. The molecule has 16 heavy (non-hydrogen) atoms. The second-order valence-corrected chi connectivity index (χ2v) is 4.55. The van der Waals surface area contributed by atoms with Crippen molar-refractivity contribution in [2.75, 3.05) is 33.4 Å². The molecule has 88 valence electrons. The first-order chi connectivity index (χ1) is 7.71. The van der Waals surface area contributed by atoms with Gasteiger partial charge in [0.1, 0.15) is 0 Å². The Kier molecular flexibility index (Phi) is 3.64. The fourth-order valence-corrected chi connectivity index (χ4v) is 2.02. The zero-order chi connectivity index (χ0) is 11.4. The minimum absolute atomic E-state index is 0.724. The van der Waals surface area contributed by atoms with Gasteiger partial charge in [0, 0.05) is 26.3 Å². The molecular weight excluding hydrogens is 201 g/mol. The van der Waals surface area contributed by atoms with E-state index in [1.807, 2.05) is 18.2 Å². The number of benzene rings is 1. The smallest absolute Gasteiger partial charge is 0.266 e. The van der Waals surface area contributed by atoms with Crippen LogP contribution in [-0.4, -0.2) is 44.8 Å². The predicted molar refractivity (Wildman–Crippen MR) is 67.1 cm³/mol. The van der Waals surface area contributed by atoms with Crippen LogP contribution in [0.1, 0.15) is 0 Å². The Labute approximate surface area is 97.3 Å². The predicted octanol–water partition coefficient (Wildman–Crippen LogP) is 0.944. The topological polar surface area (TPSA) is 21.7 Å². The van der Waals surface area contributed by atoms with Gasteiger partial charge in [-0.1, -0.05) is 30.3 Å². The van der Waals surface area contributed by atoms with Gasteiger partial charge in [-0.3, -0.25) is 0 Å². The van der Waals surface area contributed by atoms with Gasteiger partial charge in [-0.15, -0.1) is 6.82 Å². The number of hydrogen-bond donors (Lipinski definition) is 0. The van der Waals surface area contributed by atoms with Crippen molar-refractivity contribution < 1.29 is 9.31 Å². The first kappa shape index (κ1) is 11.6. The van der Waals surface area contributed by atoms with Gasteiger partial charge in [-0.05, 0) is 7.05 Å². The van der Waals surface area contributed by atoms with Crippen molar-refractivity contribution >= 4 is 12.0 Å². The van der Waals surface area contributed by atoms with Gasteiger partial charge in [0.25, 0.3) is 6.55 Å². The molecule has 1 aromatic carbocycles. The van der Waals surface area contributed by atoms with Crippen molar-refractivity contribution in [1.82, 2.24) is 4.90 Å². The standard InChI is InChI=1S/C12H19BNO2/c1-13(12-6-4-3-5-7-12)15-10-8-14(2)9-11-16-13/h3-7H,8-11H2,1-2H3/q-1. The average Bonchev–Trinajstić information content (AvgIpc) is 2.28. The Balaban J connectivity index is 2.11. The van der Waals surface area contributed by atoms with Gasteiger partial charge in [-0.2, -0.15) is 5.46 Å². The highest BCUT2D eigenvalue weighted by molar-refractivity contribution is 6.79. The summed E-state index contributed by atoms with van der Waals surface area (Å²) in [6.45, 7) is 4.14. The lowest BCUT2D eigenvalue weighted by Gasteiger charge is -2.41. The van der Waals surface area contributed by atoms with Gasteiger partial charge in [0.15, 0.2) is 0 Å². The lowest BCUT2D eigenvalue weighted by Crippen LogP contribution is -2.54. The van der Waals surface area contributed by atoms with E-state index in [4.69, 9.17) is 9.31 Å². The molecule has 0 saturated carbocycles. The highest BCUT2D eigenvalue weighted by Gasteiger charge is 2.24. The molecule has 3 nitrogen and oxygen atoms in total. The first-order valence-electron chi connectivity index (χ1n) is 5.91. The minimum atomic E-state index is -1.30. The van der Waals surface area contributed by atoms with E-state index in [-0.39, 0.29) is 0 Å². The molecule has 0 N–H and O–H groups in total. The molecule has 1 aliphatic heterocycles. The van der Waals surface area contributed by atoms with Gasteiger partial charge < -0.3 is 14.2 Å². The Bertz CT molecular complexity index is 321.